The molecule has 0 aliphatic carbocycles. The monoisotopic (exact) mass is 186 g/mol. The Balaban J connectivity index is 3.96. The molecule has 0 radical (unpaired) electrons. The van der Waals surface area contributed by atoms with E-state index in [1.54, 1.807) is 4.90 Å². The fourth-order valence-electron chi connectivity index (χ4n) is 1.03. The van der Waals surface area contributed by atoms with Gasteiger partial charge in [0.05, 0.1) is 0 Å². The Hall–Kier alpha value is -0.570. The fourth-order valence-corrected chi connectivity index (χ4v) is 1.03. The standard InChI is InChI=1S/C10H22N2O/c1-5-8(3)12(4)10(13)7-9(11)6-2/h8-9H,5-7,11H2,1-4H3. The average molecular weight is 186 g/mol. The summed E-state index contributed by atoms with van der Waals surface area (Å²) < 4.78 is 0. The fraction of sp³-hybridized carbons (Fsp3) is 0.900. The first kappa shape index (κ1) is 12.4. The molecule has 3 nitrogen and oxygen atoms in total. The molecule has 0 aromatic rings. The molecule has 2 N–H and O–H groups in total. The number of amides is 1. The summed E-state index contributed by atoms with van der Waals surface area (Å²) in [6.07, 6.45) is 2.32. The minimum absolute atomic E-state index is 0.0130. The third kappa shape index (κ3) is 4.27. The Morgan fingerprint density at radius 2 is 1.92 bits per heavy atom. The number of nitrogens with two attached hydrogens (primary N) is 1. The molecule has 78 valence electrons. The van der Waals surface area contributed by atoms with Crippen LogP contribution in [0.15, 0.2) is 0 Å². The van der Waals surface area contributed by atoms with Crippen molar-refractivity contribution in [3.05, 3.63) is 0 Å². The van der Waals surface area contributed by atoms with Crippen molar-refractivity contribution in [2.45, 2.75) is 52.1 Å². The number of rotatable bonds is 5. The topological polar surface area (TPSA) is 46.3 Å². The molecule has 3 heteroatoms. The van der Waals surface area contributed by atoms with Crippen LogP contribution < -0.4 is 5.73 Å². The van der Waals surface area contributed by atoms with Crippen molar-refractivity contribution in [3.8, 4) is 0 Å². The molecule has 0 rings (SSSR count). The van der Waals surface area contributed by atoms with Crippen LogP contribution in [0.5, 0.6) is 0 Å². The van der Waals surface area contributed by atoms with E-state index >= 15 is 0 Å². The summed E-state index contributed by atoms with van der Waals surface area (Å²) in [5.74, 6) is 0.156. The van der Waals surface area contributed by atoms with Crippen LogP contribution in [0.4, 0.5) is 0 Å². The highest BCUT2D eigenvalue weighted by Gasteiger charge is 2.15. The van der Waals surface area contributed by atoms with Crippen LogP contribution in [0.2, 0.25) is 0 Å². The van der Waals surface area contributed by atoms with E-state index in [4.69, 9.17) is 5.73 Å². The Labute approximate surface area is 81.3 Å². The molecule has 0 fully saturated rings. The largest absolute Gasteiger partial charge is 0.343 e. The first-order valence-electron chi connectivity index (χ1n) is 5.04. The molecular formula is C10H22N2O. The van der Waals surface area contributed by atoms with Crippen molar-refractivity contribution in [2.75, 3.05) is 7.05 Å². The van der Waals surface area contributed by atoms with Gasteiger partial charge in [-0.1, -0.05) is 13.8 Å². The summed E-state index contributed by atoms with van der Waals surface area (Å²) in [7, 11) is 1.85. The summed E-state index contributed by atoms with van der Waals surface area (Å²) in [5, 5.41) is 0. The molecule has 0 bridgehead atoms. The van der Waals surface area contributed by atoms with E-state index in [2.05, 4.69) is 13.8 Å². The van der Waals surface area contributed by atoms with Crippen LogP contribution >= 0.6 is 0 Å². The van der Waals surface area contributed by atoms with E-state index in [-0.39, 0.29) is 11.9 Å². The molecule has 0 aromatic carbocycles. The summed E-state index contributed by atoms with van der Waals surface area (Å²) in [5.41, 5.74) is 5.71. The smallest absolute Gasteiger partial charge is 0.224 e. The molecule has 13 heavy (non-hydrogen) atoms. The normalized spacial score (nSPS) is 15.2. The zero-order chi connectivity index (χ0) is 10.4. The van der Waals surface area contributed by atoms with Crippen molar-refractivity contribution < 1.29 is 4.79 Å². The predicted octanol–water partition coefficient (Wildman–Crippen LogP) is 1.37. The van der Waals surface area contributed by atoms with Crippen molar-refractivity contribution in [2.24, 2.45) is 5.73 Å². The number of hydrogen-bond donors (Lipinski definition) is 1. The second-order valence-electron chi connectivity index (χ2n) is 3.63. The molecule has 1 amide bonds. The lowest BCUT2D eigenvalue weighted by atomic mass is 10.1. The second-order valence-corrected chi connectivity index (χ2v) is 3.63. The van der Waals surface area contributed by atoms with Gasteiger partial charge in [-0.15, -0.1) is 0 Å². The third-order valence-corrected chi connectivity index (χ3v) is 2.61. The van der Waals surface area contributed by atoms with Crippen molar-refractivity contribution >= 4 is 5.91 Å². The zero-order valence-corrected chi connectivity index (χ0v) is 9.21. The number of carbonyl (C=O) groups is 1. The van der Waals surface area contributed by atoms with E-state index in [9.17, 15) is 4.79 Å². The van der Waals surface area contributed by atoms with Crippen molar-refractivity contribution in [1.82, 2.24) is 4.90 Å². The minimum atomic E-state index is 0.0130. The number of carbonyl (C=O) groups excluding carboxylic acids is 1. The van der Waals surface area contributed by atoms with E-state index in [1.807, 2.05) is 14.0 Å². The Bertz CT molecular complexity index is 159. The molecule has 0 saturated heterocycles. The van der Waals surface area contributed by atoms with E-state index < -0.39 is 0 Å². The predicted molar refractivity (Wildman–Crippen MR) is 55.4 cm³/mol. The third-order valence-electron chi connectivity index (χ3n) is 2.61. The van der Waals surface area contributed by atoms with Crippen LogP contribution in [0.1, 0.15) is 40.0 Å². The Morgan fingerprint density at radius 1 is 1.38 bits per heavy atom. The highest BCUT2D eigenvalue weighted by Crippen LogP contribution is 2.04. The molecule has 0 spiro atoms. The van der Waals surface area contributed by atoms with Gasteiger partial charge in [-0.25, -0.2) is 0 Å². The lowest BCUT2D eigenvalue weighted by Gasteiger charge is -2.24. The molecular weight excluding hydrogens is 164 g/mol. The van der Waals surface area contributed by atoms with Crippen LogP contribution in [0.3, 0.4) is 0 Å². The summed E-state index contributed by atoms with van der Waals surface area (Å²) in [6, 6.07) is 0.329. The number of nitrogens with zero attached hydrogens (tertiary/aromatic N) is 1. The number of hydrogen-bond acceptors (Lipinski definition) is 2. The average Bonchev–Trinajstić information content (AvgIpc) is 2.14. The van der Waals surface area contributed by atoms with Crippen molar-refractivity contribution in [1.29, 1.82) is 0 Å². The SMILES string of the molecule is CCC(N)CC(=O)N(C)C(C)CC. The maximum absolute atomic E-state index is 11.6. The van der Waals surface area contributed by atoms with Crippen molar-refractivity contribution in [3.63, 3.8) is 0 Å². The van der Waals surface area contributed by atoms with Crippen LogP contribution in [0, 0.1) is 0 Å². The molecule has 0 saturated carbocycles. The first-order chi connectivity index (χ1) is 6.02. The maximum atomic E-state index is 11.6. The van der Waals surface area contributed by atoms with Gasteiger partial charge in [0.2, 0.25) is 5.91 Å². The molecule has 0 aromatic heterocycles. The lowest BCUT2D eigenvalue weighted by molar-refractivity contribution is -0.132. The maximum Gasteiger partial charge on any atom is 0.224 e. The first-order valence-corrected chi connectivity index (χ1v) is 5.04. The molecule has 0 aliphatic heterocycles. The van der Waals surface area contributed by atoms with Gasteiger partial charge in [-0.05, 0) is 19.8 Å². The zero-order valence-electron chi connectivity index (χ0n) is 9.21. The van der Waals surface area contributed by atoms with E-state index in [1.165, 1.54) is 0 Å². The highest BCUT2D eigenvalue weighted by molar-refractivity contribution is 5.76. The Kier molecular flexibility index (Phi) is 5.71. The van der Waals surface area contributed by atoms with E-state index in [0.29, 0.717) is 12.5 Å². The van der Waals surface area contributed by atoms with Crippen LogP contribution in [-0.2, 0) is 4.79 Å². The lowest BCUT2D eigenvalue weighted by Crippen LogP contribution is -2.38. The second kappa shape index (κ2) is 5.97. The van der Waals surface area contributed by atoms with E-state index in [0.717, 1.165) is 12.8 Å². The summed E-state index contributed by atoms with van der Waals surface area (Å²) in [6.45, 7) is 6.13. The molecule has 0 heterocycles. The Morgan fingerprint density at radius 3 is 2.31 bits per heavy atom. The van der Waals surface area contributed by atoms with Crippen LogP contribution in [-0.4, -0.2) is 29.9 Å². The van der Waals surface area contributed by atoms with Gasteiger partial charge in [-0.2, -0.15) is 0 Å². The minimum Gasteiger partial charge on any atom is -0.343 e. The van der Waals surface area contributed by atoms with Crippen LogP contribution in [0.25, 0.3) is 0 Å². The van der Waals surface area contributed by atoms with Gasteiger partial charge >= 0.3 is 0 Å². The van der Waals surface area contributed by atoms with Gasteiger partial charge in [-0.3, -0.25) is 4.79 Å². The molecule has 2 atom stereocenters. The molecule has 0 aliphatic rings. The van der Waals surface area contributed by atoms with Gasteiger partial charge in [0.25, 0.3) is 0 Å². The van der Waals surface area contributed by atoms with Gasteiger partial charge < -0.3 is 10.6 Å². The molecule has 2 unspecified atom stereocenters. The summed E-state index contributed by atoms with van der Waals surface area (Å²) in [4.78, 5) is 13.3. The highest BCUT2D eigenvalue weighted by atomic mass is 16.2. The summed E-state index contributed by atoms with van der Waals surface area (Å²) >= 11 is 0. The quantitative estimate of drug-likeness (QED) is 0.705. The van der Waals surface area contributed by atoms with Gasteiger partial charge in [0.15, 0.2) is 0 Å². The van der Waals surface area contributed by atoms with Gasteiger partial charge in [0.1, 0.15) is 0 Å². The van der Waals surface area contributed by atoms with Gasteiger partial charge in [0, 0.05) is 25.6 Å².